The van der Waals surface area contributed by atoms with Crippen molar-refractivity contribution in [3.8, 4) is 5.75 Å². The second-order valence-electron chi connectivity index (χ2n) is 9.99. The number of likely N-dealkylation sites (N-methyl/N-ethyl adjacent to an activating group) is 1. The minimum Gasteiger partial charge on any atom is -0.488 e. The number of amides is 1. The van der Waals surface area contributed by atoms with Crippen LogP contribution in [0.4, 0.5) is 10.1 Å². The molecule has 41 heavy (non-hydrogen) atoms. The van der Waals surface area contributed by atoms with Gasteiger partial charge in [0.25, 0.3) is 10.0 Å². The second kappa shape index (κ2) is 12.4. The van der Waals surface area contributed by atoms with Gasteiger partial charge in [-0.3, -0.25) is 9.52 Å². The quantitative estimate of drug-likeness (QED) is 0.373. The van der Waals surface area contributed by atoms with Crippen molar-refractivity contribution >= 4 is 43.0 Å². The van der Waals surface area contributed by atoms with E-state index in [1.165, 1.54) is 42.3 Å². The van der Waals surface area contributed by atoms with Crippen LogP contribution >= 0.6 is 11.3 Å². The van der Waals surface area contributed by atoms with Gasteiger partial charge in [-0.2, -0.15) is 4.31 Å². The van der Waals surface area contributed by atoms with Crippen molar-refractivity contribution in [3.05, 3.63) is 71.4 Å². The lowest BCUT2D eigenvalue weighted by atomic mass is 10.0. The van der Waals surface area contributed by atoms with E-state index in [0.717, 1.165) is 27.8 Å². The van der Waals surface area contributed by atoms with E-state index < -0.39 is 38.0 Å². The third-order valence-corrected chi connectivity index (χ3v) is 11.5. The standard InChI is InChI=1S/C27H32FN3O7S3/c1-18-15-31(19(2)17-32)26(33)14-20-13-22(29-40(34,35)27-5-4-12-39-27)8-11-24(20)38-25(18)16-30(3)41(36,37)23-9-6-21(28)7-10-23/h4-13,18-19,25,29,32H,14-17H2,1-3H3/t18-,19+,25+/m1/s1. The van der Waals surface area contributed by atoms with Crippen LogP contribution < -0.4 is 9.46 Å². The summed E-state index contributed by atoms with van der Waals surface area (Å²) < 4.78 is 75.5. The van der Waals surface area contributed by atoms with Crippen LogP contribution in [0, 0.1) is 11.7 Å². The van der Waals surface area contributed by atoms with Crippen LogP contribution in [0.5, 0.6) is 5.75 Å². The molecule has 2 aromatic carbocycles. The molecule has 0 aliphatic carbocycles. The molecule has 222 valence electrons. The number of rotatable bonds is 9. The Balaban J connectivity index is 1.68. The average molecular weight is 626 g/mol. The second-order valence-corrected chi connectivity index (χ2v) is 14.9. The fraction of sp³-hybridized carbons (Fsp3) is 0.370. The predicted octanol–water partition coefficient (Wildman–Crippen LogP) is 3.16. The number of hydrogen-bond donors (Lipinski definition) is 2. The normalized spacial score (nSPS) is 19.1. The Labute approximate surface area is 243 Å². The number of halogens is 1. The molecule has 0 radical (unpaired) electrons. The highest BCUT2D eigenvalue weighted by Crippen LogP contribution is 2.31. The first-order chi connectivity index (χ1) is 19.3. The van der Waals surface area contributed by atoms with E-state index in [-0.39, 0.29) is 52.7 Å². The van der Waals surface area contributed by atoms with E-state index >= 15 is 0 Å². The lowest BCUT2D eigenvalue weighted by Crippen LogP contribution is -2.48. The van der Waals surface area contributed by atoms with Crippen molar-refractivity contribution in [2.24, 2.45) is 5.92 Å². The summed E-state index contributed by atoms with van der Waals surface area (Å²) in [5, 5.41) is 11.5. The Kier molecular flexibility index (Phi) is 9.39. The van der Waals surface area contributed by atoms with Crippen LogP contribution in [0.1, 0.15) is 19.4 Å². The summed E-state index contributed by atoms with van der Waals surface area (Å²) in [6, 6.07) is 11.7. The number of hydrogen-bond acceptors (Lipinski definition) is 8. The van der Waals surface area contributed by atoms with Gasteiger partial charge in [-0.15, -0.1) is 11.3 Å². The summed E-state index contributed by atoms with van der Waals surface area (Å²) in [5.74, 6) is -0.923. The number of aliphatic hydroxyl groups is 1. The molecule has 1 aliphatic rings. The van der Waals surface area contributed by atoms with Gasteiger partial charge in [0.15, 0.2) is 0 Å². The summed E-state index contributed by atoms with van der Waals surface area (Å²) in [6.45, 7) is 3.33. The highest BCUT2D eigenvalue weighted by atomic mass is 32.2. The summed E-state index contributed by atoms with van der Waals surface area (Å²) in [6.07, 6.45) is -0.862. The van der Waals surface area contributed by atoms with E-state index in [1.807, 2.05) is 6.92 Å². The van der Waals surface area contributed by atoms with Crippen LogP contribution in [0.15, 0.2) is 69.1 Å². The molecule has 0 saturated carbocycles. The molecule has 3 aromatic rings. The fourth-order valence-electron chi connectivity index (χ4n) is 4.47. The first-order valence-corrected chi connectivity index (χ1v) is 16.6. The van der Waals surface area contributed by atoms with Crippen LogP contribution in [0.2, 0.25) is 0 Å². The zero-order valence-electron chi connectivity index (χ0n) is 22.7. The molecule has 2 N–H and O–H groups in total. The molecule has 0 fully saturated rings. The number of sulfonamides is 2. The lowest BCUT2D eigenvalue weighted by molar-refractivity contribution is -0.134. The molecule has 0 unspecified atom stereocenters. The topological polar surface area (TPSA) is 133 Å². The van der Waals surface area contributed by atoms with Crippen molar-refractivity contribution < 1.29 is 35.9 Å². The molecule has 1 amide bonds. The minimum absolute atomic E-state index is 0.0779. The van der Waals surface area contributed by atoms with Gasteiger partial charge in [-0.05, 0) is 60.8 Å². The van der Waals surface area contributed by atoms with Crippen molar-refractivity contribution in [1.29, 1.82) is 0 Å². The summed E-state index contributed by atoms with van der Waals surface area (Å²) in [7, 11) is -6.44. The van der Waals surface area contributed by atoms with E-state index in [9.17, 15) is 31.1 Å². The third kappa shape index (κ3) is 7.07. The number of carbonyl (C=O) groups is 1. The lowest BCUT2D eigenvalue weighted by Gasteiger charge is -2.33. The summed E-state index contributed by atoms with van der Waals surface area (Å²) >= 11 is 1.07. The van der Waals surface area contributed by atoms with Crippen LogP contribution in [-0.2, 0) is 31.3 Å². The number of carbonyl (C=O) groups excluding carboxylic acids is 1. The first kappa shape index (κ1) is 30.9. The fourth-order valence-corrected chi connectivity index (χ4v) is 7.70. The highest BCUT2D eigenvalue weighted by molar-refractivity contribution is 7.94. The van der Waals surface area contributed by atoms with Crippen molar-refractivity contribution in [2.75, 3.05) is 31.5 Å². The molecule has 0 bridgehead atoms. The molecule has 0 spiro atoms. The van der Waals surface area contributed by atoms with Gasteiger partial charge in [-0.1, -0.05) is 13.0 Å². The Hall–Kier alpha value is -3.04. The van der Waals surface area contributed by atoms with Crippen LogP contribution in [-0.4, -0.2) is 75.9 Å². The molecule has 1 aromatic heterocycles. The molecule has 10 nitrogen and oxygen atoms in total. The Morgan fingerprint density at radius 3 is 2.51 bits per heavy atom. The molecule has 4 rings (SSSR count). The van der Waals surface area contributed by atoms with Gasteiger partial charge < -0.3 is 14.7 Å². The Bertz CT molecular complexity index is 1580. The third-order valence-electron chi connectivity index (χ3n) is 6.89. The largest absolute Gasteiger partial charge is 0.488 e. The average Bonchev–Trinajstić information content (AvgIpc) is 3.49. The minimum atomic E-state index is -3.99. The predicted molar refractivity (Wildman–Crippen MR) is 153 cm³/mol. The molecule has 3 atom stereocenters. The smallest absolute Gasteiger partial charge is 0.271 e. The summed E-state index contributed by atoms with van der Waals surface area (Å²) in [5.41, 5.74) is 0.634. The van der Waals surface area contributed by atoms with Crippen molar-refractivity contribution in [3.63, 3.8) is 0 Å². The SMILES string of the molecule is C[C@@H]1CN([C@@H](C)CO)C(=O)Cc2cc(NS(=O)(=O)c3cccs3)ccc2O[C@H]1CN(C)S(=O)(=O)c1ccc(F)cc1. The van der Waals surface area contributed by atoms with E-state index in [1.54, 1.807) is 24.4 Å². The maximum atomic E-state index is 13.4. The maximum Gasteiger partial charge on any atom is 0.271 e. The van der Waals surface area contributed by atoms with E-state index in [0.29, 0.717) is 11.3 Å². The van der Waals surface area contributed by atoms with Gasteiger partial charge in [0, 0.05) is 30.8 Å². The van der Waals surface area contributed by atoms with Gasteiger partial charge in [-0.25, -0.2) is 21.2 Å². The number of anilines is 1. The van der Waals surface area contributed by atoms with Crippen molar-refractivity contribution in [1.82, 2.24) is 9.21 Å². The molecule has 14 heteroatoms. The van der Waals surface area contributed by atoms with Gasteiger partial charge in [0.05, 0.1) is 30.5 Å². The number of nitrogens with one attached hydrogen (secondary N) is 1. The van der Waals surface area contributed by atoms with Crippen LogP contribution in [0.25, 0.3) is 0 Å². The zero-order chi connectivity index (χ0) is 29.9. The van der Waals surface area contributed by atoms with E-state index in [2.05, 4.69) is 4.72 Å². The number of thiophene rings is 1. The molecular formula is C27H32FN3O7S3. The van der Waals surface area contributed by atoms with Crippen molar-refractivity contribution in [2.45, 2.75) is 41.5 Å². The summed E-state index contributed by atoms with van der Waals surface area (Å²) in [4.78, 5) is 14.8. The Morgan fingerprint density at radius 1 is 1.17 bits per heavy atom. The number of fused-ring (bicyclic) bond motifs is 1. The zero-order valence-corrected chi connectivity index (χ0v) is 25.2. The highest BCUT2D eigenvalue weighted by Gasteiger charge is 2.33. The number of nitrogens with zero attached hydrogens (tertiary/aromatic N) is 2. The number of aliphatic hydroxyl groups excluding tert-OH is 1. The maximum absolute atomic E-state index is 13.4. The Morgan fingerprint density at radius 2 is 1.88 bits per heavy atom. The molecule has 2 heterocycles. The van der Waals surface area contributed by atoms with Gasteiger partial charge >= 0.3 is 0 Å². The van der Waals surface area contributed by atoms with E-state index in [4.69, 9.17) is 4.74 Å². The van der Waals surface area contributed by atoms with Gasteiger partial charge in [0.1, 0.15) is 21.9 Å². The number of benzene rings is 2. The molecular weight excluding hydrogens is 594 g/mol. The van der Waals surface area contributed by atoms with Crippen LogP contribution in [0.3, 0.4) is 0 Å². The monoisotopic (exact) mass is 625 g/mol. The van der Waals surface area contributed by atoms with Gasteiger partial charge in [0.2, 0.25) is 15.9 Å². The number of ether oxygens (including phenoxy) is 1. The molecule has 0 saturated heterocycles. The molecule has 1 aliphatic heterocycles. The first-order valence-electron chi connectivity index (χ1n) is 12.8.